The molecule has 0 aliphatic carbocycles. The highest BCUT2D eigenvalue weighted by Crippen LogP contribution is 2.15. The summed E-state index contributed by atoms with van der Waals surface area (Å²) in [5.74, 6) is 1.63. The van der Waals surface area contributed by atoms with Crippen molar-refractivity contribution in [2.45, 2.75) is 0 Å². The van der Waals surface area contributed by atoms with E-state index in [0.717, 1.165) is 0 Å². The first-order valence-corrected chi connectivity index (χ1v) is 8.58. The first kappa shape index (κ1) is 20.5. The van der Waals surface area contributed by atoms with E-state index in [1.807, 2.05) is 0 Å². The van der Waals surface area contributed by atoms with E-state index >= 15 is 0 Å². The lowest BCUT2D eigenvalue weighted by atomic mass is 10.1. The third-order valence-corrected chi connectivity index (χ3v) is 3.78. The number of benzene rings is 2. The number of amides is 3. The van der Waals surface area contributed by atoms with Gasteiger partial charge in [-0.05, 0) is 36.4 Å². The fourth-order valence-corrected chi connectivity index (χ4v) is 2.40. The molecular formula is C21H22N4O3. The van der Waals surface area contributed by atoms with Crippen molar-refractivity contribution in [3.05, 3.63) is 59.7 Å². The molecule has 2 rings (SSSR count). The summed E-state index contributed by atoms with van der Waals surface area (Å²) in [4.78, 5) is 37.7. The van der Waals surface area contributed by atoms with Gasteiger partial charge in [-0.1, -0.05) is 18.1 Å². The normalized spacial score (nSPS) is 9.75. The van der Waals surface area contributed by atoms with Gasteiger partial charge in [0.05, 0.1) is 18.7 Å². The summed E-state index contributed by atoms with van der Waals surface area (Å²) in [7, 11) is 3.35. The first-order valence-electron chi connectivity index (χ1n) is 8.58. The number of nitrogens with one attached hydrogen (secondary N) is 3. The van der Waals surface area contributed by atoms with Crippen LogP contribution in [0.2, 0.25) is 0 Å². The predicted octanol–water partition coefficient (Wildman–Crippen LogP) is 1.80. The van der Waals surface area contributed by atoms with Gasteiger partial charge in [0.2, 0.25) is 5.91 Å². The second-order valence-corrected chi connectivity index (χ2v) is 6.11. The van der Waals surface area contributed by atoms with Crippen LogP contribution in [0.25, 0.3) is 0 Å². The summed E-state index contributed by atoms with van der Waals surface area (Å²) in [6, 6.07) is 13.5. The topological polar surface area (TPSA) is 90.5 Å². The molecule has 0 unspecified atom stereocenters. The molecule has 0 aromatic heterocycles. The Kier molecular flexibility index (Phi) is 7.17. The highest BCUT2D eigenvalue weighted by molar-refractivity contribution is 6.01. The zero-order chi connectivity index (χ0) is 20.5. The lowest BCUT2D eigenvalue weighted by Crippen LogP contribution is -2.26. The van der Waals surface area contributed by atoms with Gasteiger partial charge in [0.15, 0.2) is 0 Å². The molecule has 7 nitrogen and oxygen atoms in total. The number of rotatable bonds is 7. The van der Waals surface area contributed by atoms with E-state index in [1.54, 1.807) is 62.6 Å². The number of para-hydroxylation sites is 1. The highest BCUT2D eigenvalue weighted by Gasteiger charge is 2.12. The van der Waals surface area contributed by atoms with Gasteiger partial charge in [-0.2, -0.15) is 0 Å². The Balaban J connectivity index is 1.95. The van der Waals surface area contributed by atoms with Crippen molar-refractivity contribution in [2.75, 3.05) is 37.8 Å². The van der Waals surface area contributed by atoms with Crippen LogP contribution >= 0.6 is 0 Å². The number of hydrogen-bond acceptors (Lipinski definition) is 4. The number of terminal acetylenes is 1. The Morgan fingerprint density at radius 2 is 1.71 bits per heavy atom. The third kappa shape index (κ3) is 5.61. The van der Waals surface area contributed by atoms with Crippen LogP contribution < -0.4 is 16.0 Å². The van der Waals surface area contributed by atoms with Crippen molar-refractivity contribution >= 4 is 29.1 Å². The van der Waals surface area contributed by atoms with Crippen LogP contribution in [0.3, 0.4) is 0 Å². The summed E-state index contributed by atoms with van der Waals surface area (Å²) in [5, 5.41) is 8.28. The van der Waals surface area contributed by atoms with Gasteiger partial charge in [-0.3, -0.25) is 14.4 Å². The van der Waals surface area contributed by atoms with Gasteiger partial charge in [-0.15, -0.1) is 6.42 Å². The fourth-order valence-electron chi connectivity index (χ4n) is 2.40. The zero-order valence-electron chi connectivity index (χ0n) is 15.8. The molecule has 0 atom stereocenters. The van der Waals surface area contributed by atoms with Crippen molar-refractivity contribution in [3.63, 3.8) is 0 Å². The number of hydrogen-bond donors (Lipinski definition) is 3. The Morgan fingerprint density at radius 1 is 1.04 bits per heavy atom. The molecular weight excluding hydrogens is 356 g/mol. The fraction of sp³-hybridized carbons (Fsp3) is 0.190. The maximum atomic E-state index is 12.2. The molecule has 28 heavy (non-hydrogen) atoms. The minimum atomic E-state index is -0.317. The minimum Gasteiger partial charge on any atom is -0.376 e. The molecule has 0 heterocycles. The molecule has 2 aromatic carbocycles. The quantitative estimate of drug-likeness (QED) is 0.641. The Bertz CT molecular complexity index is 899. The van der Waals surface area contributed by atoms with Crippen LogP contribution in [-0.2, 0) is 4.79 Å². The minimum absolute atomic E-state index is 0.0299. The largest absolute Gasteiger partial charge is 0.376 e. The number of anilines is 2. The van der Waals surface area contributed by atoms with E-state index in [0.29, 0.717) is 22.5 Å². The molecule has 2 aromatic rings. The summed E-state index contributed by atoms with van der Waals surface area (Å²) in [6.07, 6.45) is 5.15. The number of carbonyl (C=O) groups is 3. The van der Waals surface area contributed by atoms with Crippen LogP contribution in [0.4, 0.5) is 11.4 Å². The summed E-state index contributed by atoms with van der Waals surface area (Å²) >= 11 is 0. The van der Waals surface area contributed by atoms with Gasteiger partial charge in [-0.25, -0.2) is 0 Å². The number of carbonyl (C=O) groups excluding carboxylic acids is 3. The van der Waals surface area contributed by atoms with Crippen molar-refractivity contribution < 1.29 is 14.4 Å². The summed E-state index contributed by atoms with van der Waals surface area (Å²) in [5.41, 5.74) is 2.03. The van der Waals surface area contributed by atoms with Crippen molar-refractivity contribution in [2.24, 2.45) is 0 Å². The van der Waals surface area contributed by atoms with Crippen molar-refractivity contribution in [1.29, 1.82) is 0 Å². The summed E-state index contributed by atoms with van der Waals surface area (Å²) < 4.78 is 0. The van der Waals surface area contributed by atoms with E-state index in [2.05, 4.69) is 21.9 Å². The van der Waals surface area contributed by atoms with Crippen LogP contribution in [-0.4, -0.2) is 49.8 Å². The molecule has 3 amide bonds. The second-order valence-electron chi connectivity index (χ2n) is 6.11. The average Bonchev–Trinajstić information content (AvgIpc) is 2.70. The maximum absolute atomic E-state index is 12.2. The van der Waals surface area contributed by atoms with Crippen LogP contribution in [0.5, 0.6) is 0 Å². The van der Waals surface area contributed by atoms with Gasteiger partial charge in [0.1, 0.15) is 0 Å². The third-order valence-electron chi connectivity index (χ3n) is 3.78. The predicted molar refractivity (Wildman–Crippen MR) is 109 cm³/mol. The van der Waals surface area contributed by atoms with E-state index in [1.165, 1.54) is 4.90 Å². The zero-order valence-corrected chi connectivity index (χ0v) is 15.8. The van der Waals surface area contributed by atoms with Crippen molar-refractivity contribution in [1.82, 2.24) is 10.2 Å². The lowest BCUT2D eigenvalue weighted by Gasteiger charge is -2.12. The Hall–Kier alpha value is -3.79. The van der Waals surface area contributed by atoms with Crippen molar-refractivity contribution in [3.8, 4) is 12.3 Å². The van der Waals surface area contributed by atoms with Gasteiger partial charge in [0, 0.05) is 31.0 Å². The molecule has 0 spiro atoms. The first-order chi connectivity index (χ1) is 13.4. The van der Waals surface area contributed by atoms with Crippen LogP contribution in [0, 0.1) is 12.3 Å². The average molecular weight is 378 g/mol. The van der Waals surface area contributed by atoms with Gasteiger partial charge >= 0.3 is 0 Å². The molecule has 0 aliphatic heterocycles. The van der Waals surface area contributed by atoms with E-state index in [9.17, 15) is 14.4 Å². The lowest BCUT2D eigenvalue weighted by molar-refractivity contribution is -0.114. The second kappa shape index (κ2) is 9.78. The van der Waals surface area contributed by atoms with Gasteiger partial charge < -0.3 is 20.9 Å². The van der Waals surface area contributed by atoms with E-state index in [4.69, 9.17) is 6.42 Å². The highest BCUT2D eigenvalue weighted by atomic mass is 16.2. The Labute approximate surface area is 164 Å². The standard InChI is InChI=1S/C21H22N4O3/c1-4-13-22-20(27)17-7-5-6-8-18(17)23-14-19(26)24-16-11-9-15(10-12-16)21(28)25(2)3/h1,5-12,23H,13-14H2,2-3H3,(H,22,27)(H,24,26). The molecule has 3 N–H and O–H groups in total. The molecule has 144 valence electrons. The van der Waals surface area contributed by atoms with E-state index in [-0.39, 0.29) is 30.8 Å². The SMILES string of the molecule is C#CCNC(=O)c1ccccc1NCC(=O)Nc1ccc(C(=O)N(C)C)cc1. The van der Waals surface area contributed by atoms with Crippen LogP contribution in [0.1, 0.15) is 20.7 Å². The molecule has 0 radical (unpaired) electrons. The smallest absolute Gasteiger partial charge is 0.254 e. The molecule has 0 fully saturated rings. The van der Waals surface area contributed by atoms with Gasteiger partial charge in [0.25, 0.3) is 11.8 Å². The molecule has 0 saturated heterocycles. The number of nitrogens with zero attached hydrogens (tertiary/aromatic N) is 1. The molecule has 7 heteroatoms. The Morgan fingerprint density at radius 3 is 2.36 bits per heavy atom. The maximum Gasteiger partial charge on any atom is 0.254 e. The monoisotopic (exact) mass is 378 g/mol. The summed E-state index contributed by atoms with van der Waals surface area (Å²) in [6.45, 7) is 0.0950. The van der Waals surface area contributed by atoms with E-state index < -0.39 is 0 Å². The van der Waals surface area contributed by atoms with Crippen LogP contribution in [0.15, 0.2) is 48.5 Å². The molecule has 0 aliphatic rings. The molecule has 0 bridgehead atoms. The molecule has 0 saturated carbocycles.